The molecule has 0 aromatic heterocycles. The van der Waals surface area contributed by atoms with Gasteiger partial charge >= 0.3 is 20.0 Å². The molecule has 0 spiro atoms. The van der Waals surface area contributed by atoms with E-state index in [1.54, 1.807) is 0 Å². The van der Waals surface area contributed by atoms with Gasteiger partial charge in [0.05, 0.1) is 37.7 Å². The molecule has 0 aliphatic carbocycles. The van der Waals surface area contributed by atoms with E-state index in [1.165, 1.54) is 0 Å². The normalized spacial score (nSPS) is 14.2. The summed E-state index contributed by atoms with van der Waals surface area (Å²) in [5, 5.41) is 3.57. The Labute approximate surface area is 348 Å². The molecule has 6 rings (SSSR count). The number of halogens is 3. The molecule has 0 amide bonds. The molecule has 60 heavy (non-hydrogen) atoms. The third-order valence-corrected chi connectivity index (χ3v) is 11.1. The highest BCUT2D eigenvalue weighted by atomic mass is 31.2. The number of rotatable bonds is 20. The number of nitrogens with one attached hydrogen (secondary N) is 1. The highest BCUT2D eigenvalue weighted by Crippen LogP contribution is 2.45. The smallest absolute Gasteiger partial charge is 0.457 e. The van der Waals surface area contributed by atoms with Crippen LogP contribution >= 0.6 is 7.82 Å². The van der Waals surface area contributed by atoms with E-state index in [4.69, 9.17) is 18.5 Å². The fourth-order valence-corrected chi connectivity index (χ4v) is 7.94. The standard InChI is InChI=1S/C48H47F3NO7P/c1-37(48(49,50)51)34-45(53)59-44(35-56-47(41-26-14-5-15-27-41,42-28-16-6-17-29-42)43-30-18-7-19-31-43)36-58-60(54,55)57-33-32-52-46(38-20-8-2-9-21-38,39-22-10-3-11-23-39)40-24-12-4-13-25-40/h2-31,37,44,52H,32-36H2,1H3,(H,54,55)/t37?,44-/m1/s1. The van der Waals surface area contributed by atoms with Crippen molar-refractivity contribution in [2.45, 2.75) is 36.8 Å². The fraction of sp³-hybridized carbons (Fsp3) is 0.229. The van der Waals surface area contributed by atoms with Crippen LogP contribution in [0.5, 0.6) is 0 Å². The summed E-state index contributed by atoms with van der Waals surface area (Å²) in [6, 6.07) is 57.2. The minimum absolute atomic E-state index is 0.0806. The van der Waals surface area contributed by atoms with Gasteiger partial charge in [-0.3, -0.25) is 19.2 Å². The van der Waals surface area contributed by atoms with Crippen molar-refractivity contribution in [3.05, 3.63) is 215 Å². The zero-order chi connectivity index (χ0) is 42.5. The lowest BCUT2D eigenvalue weighted by molar-refractivity contribution is -0.185. The number of phosphoric ester groups is 1. The topological polar surface area (TPSA) is 103 Å². The van der Waals surface area contributed by atoms with E-state index >= 15 is 0 Å². The van der Waals surface area contributed by atoms with Gasteiger partial charge in [0, 0.05) is 6.54 Å². The van der Waals surface area contributed by atoms with E-state index in [0.717, 1.165) is 23.6 Å². The number of phosphoric acid groups is 1. The van der Waals surface area contributed by atoms with Gasteiger partial charge < -0.3 is 14.4 Å². The zero-order valence-electron chi connectivity index (χ0n) is 33.0. The molecule has 0 bridgehead atoms. The van der Waals surface area contributed by atoms with E-state index < -0.39 is 62.8 Å². The summed E-state index contributed by atoms with van der Waals surface area (Å²) in [5.41, 5.74) is 2.72. The largest absolute Gasteiger partial charge is 0.472 e. The van der Waals surface area contributed by atoms with Crippen molar-refractivity contribution < 1.29 is 45.9 Å². The van der Waals surface area contributed by atoms with Gasteiger partial charge in [-0.25, -0.2) is 4.57 Å². The van der Waals surface area contributed by atoms with E-state index in [1.807, 2.05) is 182 Å². The predicted octanol–water partition coefficient (Wildman–Crippen LogP) is 10.2. The second kappa shape index (κ2) is 20.2. The van der Waals surface area contributed by atoms with Crippen LogP contribution in [0.1, 0.15) is 46.7 Å². The molecular formula is C48H47F3NO7P. The maximum Gasteiger partial charge on any atom is 0.472 e. The van der Waals surface area contributed by atoms with Crippen LogP contribution in [0, 0.1) is 5.92 Å². The fourth-order valence-electron chi connectivity index (χ4n) is 7.19. The van der Waals surface area contributed by atoms with Crippen LogP contribution < -0.4 is 5.32 Å². The summed E-state index contributed by atoms with van der Waals surface area (Å²) >= 11 is 0. The summed E-state index contributed by atoms with van der Waals surface area (Å²) in [6.45, 7) is -0.507. The van der Waals surface area contributed by atoms with Crippen molar-refractivity contribution in [2.75, 3.05) is 26.4 Å². The van der Waals surface area contributed by atoms with Gasteiger partial charge in [-0.05, 0) is 33.4 Å². The average Bonchev–Trinajstić information content (AvgIpc) is 3.27. The SMILES string of the molecule is CC(CC(=O)O[C@H](COC(c1ccccc1)(c1ccccc1)c1ccccc1)COP(=O)(O)OCCNC(c1ccccc1)(c1ccccc1)c1ccccc1)C(F)(F)F. The molecule has 0 aliphatic heterocycles. The number of ether oxygens (including phenoxy) is 2. The number of hydrogen-bond donors (Lipinski definition) is 2. The molecule has 312 valence electrons. The van der Waals surface area contributed by atoms with Gasteiger partial charge in [0.15, 0.2) is 0 Å². The molecule has 12 heteroatoms. The number of hydrogen-bond acceptors (Lipinski definition) is 7. The Balaban J connectivity index is 1.22. The summed E-state index contributed by atoms with van der Waals surface area (Å²) in [5.74, 6) is -3.18. The summed E-state index contributed by atoms with van der Waals surface area (Å²) in [7, 11) is -4.85. The second-order valence-electron chi connectivity index (χ2n) is 14.2. The Morgan fingerprint density at radius 3 is 1.33 bits per heavy atom. The van der Waals surface area contributed by atoms with Crippen molar-refractivity contribution >= 4 is 13.8 Å². The minimum Gasteiger partial charge on any atom is -0.457 e. The first-order valence-corrected chi connectivity index (χ1v) is 21.0. The maximum atomic E-state index is 13.5. The molecular weight excluding hydrogens is 790 g/mol. The number of alkyl halides is 3. The van der Waals surface area contributed by atoms with Crippen LogP contribution in [0.3, 0.4) is 0 Å². The molecule has 0 heterocycles. The molecule has 3 atom stereocenters. The van der Waals surface area contributed by atoms with Crippen LogP contribution in [-0.4, -0.2) is 49.5 Å². The lowest BCUT2D eigenvalue weighted by Gasteiger charge is -2.37. The van der Waals surface area contributed by atoms with Crippen LogP contribution in [0.15, 0.2) is 182 Å². The molecule has 0 radical (unpaired) electrons. The molecule has 6 aromatic carbocycles. The lowest BCUT2D eigenvalue weighted by Crippen LogP contribution is -2.46. The van der Waals surface area contributed by atoms with Gasteiger partial charge in [-0.2, -0.15) is 13.2 Å². The first-order chi connectivity index (χ1) is 28.9. The third kappa shape index (κ3) is 10.9. The number of esters is 1. The van der Waals surface area contributed by atoms with E-state index in [-0.39, 0.29) is 13.2 Å². The first kappa shape index (κ1) is 44.2. The second-order valence-corrected chi connectivity index (χ2v) is 15.7. The molecule has 0 fully saturated rings. The molecule has 0 saturated heterocycles. The third-order valence-electron chi connectivity index (χ3n) is 10.1. The Morgan fingerprint density at radius 2 is 0.967 bits per heavy atom. The quantitative estimate of drug-likeness (QED) is 0.0339. The molecule has 8 nitrogen and oxygen atoms in total. The van der Waals surface area contributed by atoms with Gasteiger partial charge in [-0.15, -0.1) is 0 Å². The summed E-state index contributed by atoms with van der Waals surface area (Å²) in [6.07, 6.45) is -7.06. The molecule has 2 unspecified atom stereocenters. The van der Waals surface area contributed by atoms with Gasteiger partial charge in [0.25, 0.3) is 0 Å². The highest BCUT2D eigenvalue weighted by molar-refractivity contribution is 7.47. The van der Waals surface area contributed by atoms with Crippen molar-refractivity contribution in [1.29, 1.82) is 0 Å². The van der Waals surface area contributed by atoms with E-state index in [0.29, 0.717) is 16.7 Å². The monoisotopic (exact) mass is 837 g/mol. The Kier molecular flexibility index (Phi) is 14.9. The minimum atomic E-state index is -4.85. The van der Waals surface area contributed by atoms with Crippen LogP contribution in [0.25, 0.3) is 0 Å². The molecule has 2 N–H and O–H groups in total. The molecule has 0 aliphatic rings. The van der Waals surface area contributed by atoms with Crippen molar-refractivity contribution in [3.63, 3.8) is 0 Å². The Hall–Kier alpha value is -5.39. The van der Waals surface area contributed by atoms with Crippen LogP contribution in [0.2, 0.25) is 0 Å². The summed E-state index contributed by atoms with van der Waals surface area (Å²) in [4.78, 5) is 24.0. The molecule has 6 aromatic rings. The lowest BCUT2D eigenvalue weighted by atomic mass is 9.77. The highest BCUT2D eigenvalue weighted by Gasteiger charge is 2.41. The molecule has 0 saturated carbocycles. The zero-order valence-corrected chi connectivity index (χ0v) is 33.9. The van der Waals surface area contributed by atoms with Crippen molar-refractivity contribution in [1.82, 2.24) is 5.32 Å². The predicted molar refractivity (Wildman–Crippen MR) is 224 cm³/mol. The van der Waals surface area contributed by atoms with E-state index in [9.17, 15) is 27.4 Å². The van der Waals surface area contributed by atoms with Gasteiger partial charge in [0.1, 0.15) is 11.7 Å². The Bertz CT molecular complexity index is 2060. The number of carbonyl (C=O) groups excluding carboxylic acids is 1. The van der Waals surface area contributed by atoms with Crippen LogP contribution in [0.4, 0.5) is 13.2 Å². The van der Waals surface area contributed by atoms with Crippen molar-refractivity contribution in [3.8, 4) is 0 Å². The first-order valence-electron chi connectivity index (χ1n) is 19.5. The number of carbonyl (C=O) groups is 1. The Morgan fingerprint density at radius 1 is 0.600 bits per heavy atom. The summed E-state index contributed by atoms with van der Waals surface area (Å²) < 4.78 is 77.1. The number of benzene rings is 6. The van der Waals surface area contributed by atoms with Crippen LogP contribution in [-0.2, 0) is 39.0 Å². The van der Waals surface area contributed by atoms with Gasteiger partial charge in [-0.1, -0.05) is 189 Å². The average molecular weight is 838 g/mol. The van der Waals surface area contributed by atoms with Crippen molar-refractivity contribution in [2.24, 2.45) is 5.92 Å². The van der Waals surface area contributed by atoms with Gasteiger partial charge in [0.2, 0.25) is 0 Å². The van der Waals surface area contributed by atoms with E-state index in [2.05, 4.69) is 5.32 Å². The maximum absolute atomic E-state index is 13.5.